The smallest absolute Gasteiger partial charge is 0.160 e. The van der Waals surface area contributed by atoms with E-state index in [0.29, 0.717) is 18.7 Å². The standard InChI is InChI=1S/C24H33F2N3O2S/c1-4-7-19-20-17-29(13-5-6-15-32(3,30)31)14-11-24(20)28(2)23(19)10-12-27-18-8-9-21(25)22(26)16-18/h7-10,16,27H,4-6,11-15,17H2,1-3H3/b19-7-,23-10+. The summed E-state index contributed by atoms with van der Waals surface area (Å²) in [5.74, 6) is -1.47. The quantitative estimate of drug-likeness (QED) is 0.579. The first kappa shape index (κ1) is 24.5. The van der Waals surface area contributed by atoms with E-state index in [4.69, 9.17) is 0 Å². The zero-order chi connectivity index (χ0) is 23.3. The molecular weight excluding hydrogens is 432 g/mol. The molecule has 32 heavy (non-hydrogen) atoms. The van der Waals surface area contributed by atoms with E-state index in [1.54, 1.807) is 0 Å². The van der Waals surface area contributed by atoms with E-state index in [0.717, 1.165) is 50.3 Å². The SMILES string of the molecule is CC/C=c1/c2c(n(C)/c1=C/CNc1ccc(F)c(F)c1)CCN(CCCCS(C)(=O)=O)C2. The number of aromatic nitrogens is 1. The molecule has 1 aromatic carbocycles. The third-order valence-corrected chi connectivity index (χ3v) is 6.96. The van der Waals surface area contributed by atoms with Crippen molar-refractivity contribution in [2.45, 2.75) is 39.2 Å². The maximum absolute atomic E-state index is 13.5. The first-order valence-electron chi connectivity index (χ1n) is 11.2. The van der Waals surface area contributed by atoms with Gasteiger partial charge < -0.3 is 9.88 Å². The Hall–Kier alpha value is -2.19. The number of hydrogen-bond acceptors (Lipinski definition) is 4. The van der Waals surface area contributed by atoms with Gasteiger partial charge in [0.1, 0.15) is 9.84 Å². The lowest BCUT2D eigenvalue weighted by molar-refractivity contribution is 0.247. The lowest BCUT2D eigenvalue weighted by atomic mass is 10.1. The monoisotopic (exact) mass is 465 g/mol. The Morgan fingerprint density at radius 3 is 2.62 bits per heavy atom. The van der Waals surface area contributed by atoms with Gasteiger partial charge in [0.15, 0.2) is 11.6 Å². The van der Waals surface area contributed by atoms with Crippen molar-refractivity contribution in [2.24, 2.45) is 7.05 Å². The maximum Gasteiger partial charge on any atom is 0.160 e. The molecule has 2 heterocycles. The molecule has 0 saturated heterocycles. The van der Waals surface area contributed by atoms with Crippen LogP contribution in [0.15, 0.2) is 18.2 Å². The fourth-order valence-electron chi connectivity index (χ4n) is 4.34. The molecule has 0 saturated carbocycles. The van der Waals surface area contributed by atoms with Crippen molar-refractivity contribution in [3.05, 3.63) is 51.7 Å². The number of unbranched alkanes of at least 4 members (excludes halogenated alkanes) is 1. The summed E-state index contributed by atoms with van der Waals surface area (Å²) >= 11 is 0. The number of halogens is 2. The average Bonchev–Trinajstić information content (AvgIpc) is 2.99. The van der Waals surface area contributed by atoms with Crippen LogP contribution in [0.1, 0.15) is 37.4 Å². The fourth-order valence-corrected chi connectivity index (χ4v) is 5.07. The van der Waals surface area contributed by atoms with Crippen molar-refractivity contribution in [3.63, 3.8) is 0 Å². The summed E-state index contributed by atoms with van der Waals surface area (Å²) in [6, 6.07) is 3.82. The van der Waals surface area contributed by atoms with Crippen molar-refractivity contribution in [1.82, 2.24) is 9.47 Å². The molecule has 0 aliphatic carbocycles. The second kappa shape index (κ2) is 10.6. The molecule has 3 rings (SSSR count). The number of sulfone groups is 1. The normalized spacial score (nSPS) is 15.9. The van der Waals surface area contributed by atoms with Gasteiger partial charge in [0.25, 0.3) is 0 Å². The number of benzene rings is 1. The van der Waals surface area contributed by atoms with Crippen molar-refractivity contribution >= 4 is 27.7 Å². The Morgan fingerprint density at radius 1 is 1.16 bits per heavy atom. The second-order valence-electron chi connectivity index (χ2n) is 8.47. The molecule has 0 amide bonds. The molecule has 176 valence electrons. The van der Waals surface area contributed by atoms with Gasteiger partial charge in [-0.05, 0) is 49.6 Å². The van der Waals surface area contributed by atoms with E-state index in [2.05, 4.69) is 40.9 Å². The minimum Gasteiger partial charge on any atom is -0.381 e. The number of hydrogen-bond donors (Lipinski definition) is 1. The summed E-state index contributed by atoms with van der Waals surface area (Å²) in [5, 5.41) is 5.51. The zero-order valence-corrected chi connectivity index (χ0v) is 19.9. The van der Waals surface area contributed by atoms with Crippen LogP contribution in [-0.4, -0.2) is 49.5 Å². The summed E-state index contributed by atoms with van der Waals surface area (Å²) in [5.41, 5.74) is 3.21. The Balaban J connectivity index is 1.75. The molecule has 1 aliphatic rings. The molecule has 1 aliphatic heterocycles. The largest absolute Gasteiger partial charge is 0.381 e. The third-order valence-electron chi connectivity index (χ3n) is 5.93. The number of fused-ring (bicyclic) bond motifs is 1. The highest BCUT2D eigenvalue weighted by molar-refractivity contribution is 7.90. The van der Waals surface area contributed by atoms with Crippen LogP contribution in [-0.2, 0) is 29.9 Å². The third kappa shape index (κ3) is 6.19. The Labute approximate surface area is 189 Å². The Morgan fingerprint density at radius 2 is 1.94 bits per heavy atom. The Bertz CT molecular complexity index is 1170. The lowest BCUT2D eigenvalue weighted by Gasteiger charge is -2.27. The predicted octanol–water partition coefficient (Wildman–Crippen LogP) is 2.57. The molecule has 0 fully saturated rings. The molecule has 1 N–H and O–H groups in total. The highest BCUT2D eigenvalue weighted by Gasteiger charge is 2.21. The van der Waals surface area contributed by atoms with Crippen molar-refractivity contribution in [2.75, 3.05) is 37.0 Å². The molecule has 0 atom stereocenters. The lowest BCUT2D eigenvalue weighted by Crippen LogP contribution is -2.35. The molecule has 1 aromatic heterocycles. The Kier molecular flexibility index (Phi) is 8.11. The molecule has 0 bridgehead atoms. The maximum atomic E-state index is 13.5. The van der Waals surface area contributed by atoms with Crippen molar-refractivity contribution < 1.29 is 17.2 Å². The van der Waals surface area contributed by atoms with E-state index in [1.807, 2.05) is 0 Å². The van der Waals surface area contributed by atoms with Gasteiger partial charge in [-0.15, -0.1) is 0 Å². The minimum atomic E-state index is -2.90. The van der Waals surface area contributed by atoms with Gasteiger partial charge >= 0.3 is 0 Å². The molecule has 0 unspecified atom stereocenters. The minimum absolute atomic E-state index is 0.246. The van der Waals surface area contributed by atoms with Gasteiger partial charge in [0.05, 0.1) is 0 Å². The zero-order valence-electron chi connectivity index (χ0n) is 19.1. The fraction of sp³-hybridized carbons (Fsp3) is 0.500. The van der Waals surface area contributed by atoms with E-state index in [-0.39, 0.29) is 5.75 Å². The molecular formula is C24H33F2N3O2S. The van der Waals surface area contributed by atoms with Gasteiger partial charge in [0, 0.05) is 73.1 Å². The average molecular weight is 466 g/mol. The van der Waals surface area contributed by atoms with Crippen LogP contribution in [0, 0.1) is 11.6 Å². The van der Waals surface area contributed by atoms with Crippen LogP contribution in [0.4, 0.5) is 14.5 Å². The van der Waals surface area contributed by atoms with Crippen LogP contribution in [0.25, 0.3) is 12.2 Å². The van der Waals surface area contributed by atoms with Gasteiger partial charge in [-0.1, -0.05) is 13.0 Å². The van der Waals surface area contributed by atoms with E-state index >= 15 is 0 Å². The first-order chi connectivity index (χ1) is 15.2. The van der Waals surface area contributed by atoms with E-state index in [9.17, 15) is 17.2 Å². The molecule has 5 nitrogen and oxygen atoms in total. The highest BCUT2D eigenvalue weighted by Crippen LogP contribution is 2.16. The van der Waals surface area contributed by atoms with E-state index in [1.165, 1.54) is 34.9 Å². The van der Waals surface area contributed by atoms with Gasteiger partial charge in [-0.25, -0.2) is 17.2 Å². The van der Waals surface area contributed by atoms with E-state index < -0.39 is 21.5 Å². The summed E-state index contributed by atoms with van der Waals surface area (Å²) < 4.78 is 51.5. The van der Waals surface area contributed by atoms with Crippen molar-refractivity contribution in [1.29, 1.82) is 0 Å². The van der Waals surface area contributed by atoms with Gasteiger partial charge in [-0.2, -0.15) is 0 Å². The van der Waals surface area contributed by atoms with Crippen LogP contribution in [0.5, 0.6) is 0 Å². The van der Waals surface area contributed by atoms with Crippen LogP contribution in [0.2, 0.25) is 0 Å². The number of rotatable bonds is 9. The number of nitrogens with one attached hydrogen (secondary N) is 1. The van der Waals surface area contributed by atoms with Gasteiger partial charge in [-0.3, -0.25) is 4.90 Å². The summed E-state index contributed by atoms with van der Waals surface area (Å²) in [4.78, 5) is 2.40. The number of anilines is 1. The molecule has 2 aromatic rings. The molecule has 0 radical (unpaired) electrons. The first-order valence-corrected chi connectivity index (χ1v) is 13.2. The topological polar surface area (TPSA) is 54.3 Å². The predicted molar refractivity (Wildman–Crippen MR) is 127 cm³/mol. The summed E-state index contributed by atoms with van der Waals surface area (Å²) in [6.45, 7) is 5.34. The second-order valence-corrected chi connectivity index (χ2v) is 10.7. The molecule has 0 spiro atoms. The number of nitrogens with zero attached hydrogens (tertiary/aromatic N) is 2. The van der Waals surface area contributed by atoms with Crippen LogP contribution < -0.4 is 15.9 Å². The van der Waals surface area contributed by atoms with Crippen molar-refractivity contribution in [3.8, 4) is 0 Å². The summed E-state index contributed by atoms with van der Waals surface area (Å²) in [7, 11) is -0.822. The highest BCUT2D eigenvalue weighted by atomic mass is 32.2. The molecule has 8 heteroatoms. The van der Waals surface area contributed by atoms with Crippen LogP contribution >= 0.6 is 0 Å². The van der Waals surface area contributed by atoms with Gasteiger partial charge in [0.2, 0.25) is 0 Å². The summed E-state index contributed by atoms with van der Waals surface area (Å²) in [6.07, 6.45) is 9.07. The van der Waals surface area contributed by atoms with Crippen LogP contribution in [0.3, 0.4) is 0 Å².